The van der Waals surface area contributed by atoms with E-state index in [4.69, 9.17) is 19.4 Å². The van der Waals surface area contributed by atoms with Gasteiger partial charge in [0.15, 0.2) is 17.5 Å². The van der Waals surface area contributed by atoms with Crippen molar-refractivity contribution >= 4 is 65.0 Å². The molecule has 2 heterocycles. The van der Waals surface area contributed by atoms with Crippen LogP contribution in [0, 0.1) is 0 Å². The Kier molecular flexibility index (Phi) is 6.52. The van der Waals surface area contributed by atoms with Gasteiger partial charge in [-0.1, -0.05) is 140 Å². The van der Waals surface area contributed by atoms with Crippen molar-refractivity contribution in [1.82, 2.24) is 15.0 Å². The molecule has 2 aromatic heterocycles. The molecule has 0 aliphatic heterocycles. The van der Waals surface area contributed by atoms with Gasteiger partial charge in [-0.05, 0) is 90.6 Å². The molecule has 11 aromatic rings. The van der Waals surface area contributed by atoms with Gasteiger partial charge in [0.05, 0.1) is 0 Å². The van der Waals surface area contributed by atoms with E-state index in [-0.39, 0.29) is 0 Å². The molecular weight excluding hydrogens is 647 g/mol. The Morgan fingerprint density at radius 3 is 1.53 bits per heavy atom. The fourth-order valence-corrected chi connectivity index (χ4v) is 7.81. The summed E-state index contributed by atoms with van der Waals surface area (Å²) in [5.41, 5.74) is 6.93. The number of nitrogens with zero attached hydrogens (tertiary/aromatic N) is 3. The summed E-state index contributed by atoms with van der Waals surface area (Å²) < 4.78 is 6.19. The second kappa shape index (κ2) is 11.7. The zero-order valence-electron chi connectivity index (χ0n) is 28.5. The maximum atomic E-state index is 6.19. The largest absolute Gasteiger partial charge is 0.456 e. The minimum atomic E-state index is 0.636. The molecular formula is C49H29N3O. The highest BCUT2D eigenvalue weighted by molar-refractivity contribution is 6.13. The summed E-state index contributed by atoms with van der Waals surface area (Å²) >= 11 is 0. The molecule has 0 saturated heterocycles. The van der Waals surface area contributed by atoms with Crippen LogP contribution in [0.1, 0.15) is 0 Å². The van der Waals surface area contributed by atoms with Gasteiger partial charge in [0.2, 0.25) is 0 Å². The molecule has 246 valence electrons. The molecule has 11 rings (SSSR count). The molecule has 0 bridgehead atoms. The molecule has 9 aromatic carbocycles. The van der Waals surface area contributed by atoms with Gasteiger partial charge in [-0.2, -0.15) is 0 Å². The number of para-hydroxylation sites is 1. The topological polar surface area (TPSA) is 51.8 Å². The number of rotatable bonds is 4. The van der Waals surface area contributed by atoms with Gasteiger partial charge in [0.25, 0.3) is 0 Å². The summed E-state index contributed by atoms with van der Waals surface area (Å²) in [7, 11) is 0. The first kappa shape index (κ1) is 29.5. The minimum absolute atomic E-state index is 0.636. The lowest BCUT2D eigenvalue weighted by Gasteiger charge is -2.11. The van der Waals surface area contributed by atoms with Gasteiger partial charge in [-0.15, -0.1) is 0 Å². The zero-order chi connectivity index (χ0) is 34.9. The van der Waals surface area contributed by atoms with Gasteiger partial charge < -0.3 is 4.42 Å². The standard InChI is InChI=1S/C49H29N3O/c1-2-10-32-27-37(22-16-30(32)8-1)47-50-48(52-49(51-47)39-24-25-41-35(29-39)20-17-31-9-3-4-11-40(31)41)38-23-19-33-26-36(21-18-34(33)28-38)42-13-7-15-45-46(42)43-12-5-6-14-44(43)53-45/h1-29H. The fourth-order valence-electron chi connectivity index (χ4n) is 7.81. The van der Waals surface area contributed by atoms with E-state index in [1.54, 1.807) is 0 Å². The molecule has 0 amide bonds. The fraction of sp³-hybridized carbons (Fsp3) is 0. The second-order valence-corrected chi connectivity index (χ2v) is 13.6. The van der Waals surface area contributed by atoms with Crippen molar-refractivity contribution in [2.75, 3.05) is 0 Å². The van der Waals surface area contributed by atoms with E-state index in [2.05, 4.69) is 158 Å². The Balaban J connectivity index is 1.05. The second-order valence-electron chi connectivity index (χ2n) is 13.6. The highest BCUT2D eigenvalue weighted by atomic mass is 16.3. The summed E-state index contributed by atoms with van der Waals surface area (Å²) in [5, 5.41) is 11.7. The van der Waals surface area contributed by atoms with Crippen LogP contribution in [-0.4, -0.2) is 15.0 Å². The molecule has 0 spiro atoms. The summed E-state index contributed by atoms with van der Waals surface area (Å²) in [6, 6.07) is 61.8. The van der Waals surface area contributed by atoms with Crippen molar-refractivity contribution in [3.63, 3.8) is 0 Å². The van der Waals surface area contributed by atoms with E-state index in [1.807, 2.05) is 18.2 Å². The molecule has 0 saturated carbocycles. The van der Waals surface area contributed by atoms with Crippen molar-refractivity contribution in [1.29, 1.82) is 0 Å². The van der Waals surface area contributed by atoms with Gasteiger partial charge in [0.1, 0.15) is 11.2 Å². The third-order valence-electron chi connectivity index (χ3n) is 10.5. The van der Waals surface area contributed by atoms with E-state index >= 15 is 0 Å². The quantitative estimate of drug-likeness (QED) is 0.174. The van der Waals surface area contributed by atoms with E-state index in [0.29, 0.717) is 17.5 Å². The molecule has 0 N–H and O–H groups in total. The smallest absolute Gasteiger partial charge is 0.164 e. The van der Waals surface area contributed by atoms with Gasteiger partial charge in [-0.3, -0.25) is 0 Å². The van der Waals surface area contributed by atoms with E-state index < -0.39 is 0 Å². The van der Waals surface area contributed by atoms with Crippen molar-refractivity contribution < 1.29 is 4.42 Å². The number of benzene rings is 9. The molecule has 0 radical (unpaired) electrons. The van der Waals surface area contributed by atoms with Crippen LogP contribution in [0.2, 0.25) is 0 Å². The van der Waals surface area contributed by atoms with Crippen LogP contribution in [0.4, 0.5) is 0 Å². The molecule has 4 nitrogen and oxygen atoms in total. The van der Waals surface area contributed by atoms with Crippen LogP contribution in [-0.2, 0) is 0 Å². The molecule has 0 aliphatic carbocycles. The van der Waals surface area contributed by atoms with Crippen LogP contribution in [0.3, 0.4) is 0 Å². The van der Waals surface area contributed by atoms with Gasteiger partial charge >= 0.3 is 0 Å². The van der Waals surface area contributed by atoms with Crippen LogP contribution < -0.4 is 0 Å². The predicted molar refractivity (Wildman–Crippen MR) is 219 cm³/mol. The zero-order valence-corrected chi connectivity index (χ0v) is 28.5. The number of furan rings is 1. The average Bonchev–Trinajstić information content (AvgIpc) is 3.62. The third kappa shape index (κ3) is 4.95. The normalized spacial score (nSPS) is 11.8. The van der Waals surface area contributed by atoms with Crippen molar-refractivity contribution in [2.45, 2.75) is 0 Å². The van der Waals surface area contributed by atoms with Gasteiger partial charge in [0, 0.05) is 27.5 Å². The van der Waals surface area contributed by atoms with Crippen molar-refractivity contribution in [2.24, 2.45) is 0 Å². The predicted octanol–water partition coefficient (Wildman–Crippen LogP) is 13.1. The average molecular weight is 676 g/mol. The SMILES string of the molecule is c1ccc2cc(-c3nc(-c4ccc5cc(-c6cccc7oc8ccccc8c67)ccc5c4)nc(-c4ccc5c(ccc6ccccc65)c4)n3)ccc2c1. The lowest BCUT2D eigenvalue weighted by Crippen LogP contribution is -2.00. The summed E-state index contributed by atoms with van der Waals surface area (Å²) in [4.78, 5) is 15.3. The first-order valence-corrected chi connectivity index (χ1v) is 17.8. The lowest BCUT2D eigenvalue weighted by molar-refractivity contribution is 0.669. The molecule has 0 atom stereocenters. The van der Waals surface area contributed by atoms with Gasteiger partial charge in [-0.25, -0.2) is 15.0 Å². The Labute approximate surface area is 304 Å². The Morgan fingerprint density at radius 1 is 0.302 bits per heavy atom. The first-order valence-electron chi connectivity index (χ1n) is 17.8. The number of hydrogen-bond donors (Lipinski definition) is 0. The summed E-state index contributed by atoms with van der Waals surface area (Å²) in [6.45, 7) is 0. The Bertz CT molecular complexity index is 3250. The third-order valence-corrected chi connectivity index (χ3v) is 10.5. The maximum Gasteiger partial charge on any atom is 0.164 e. The molecule has 53 heavy (non-hydrogen) atoms. The number of aromatic nitrogens is 3. The van der Waals surface area contributed by atoms with Crippen LogP contribution >= 0.6 is 0 Å². The highest BCUT2D eigenvalue weighted by Crippen LogP contribution is 2.38. The maximum absolute atomic E-state index is 6.19. The van der Waals surface area contributed by atoms with E-state index in [1.165, 1.54) is 21.5 Å². The Hall–Kier alpha value is -7.17. The Morgan fingerprint density at radius 2 is 0.774 bits per heavy atom. The lowest BCUT2D eigenvalue weighted by atomic mass is 9.96. The molecule has 0 aliphatic rings. The number of hydrogen-bond acceptors (Lipinski definition) is 4. The first-order chi connectivity index (χ1) is 26.2. The van der Waals surface area contributed by atoms with Crippen molar-refractivity contribution in [3.8, 4) is 45.3 Å². The van der Waals surface area contributed by atoms with Crippen LogP contribution in [0.25, 0.3) is 110 Å². The summed E-state index contributed by atoms with van der Waals surface area (Å²) in [5.74, 6) is 1.92. The van der Waals surface area contributed by atoms with Crippen molar-refractivity contribution in [3.05, 3.63) is 176 Å². The molecule has 4 heteroatoms. The summed E-state index contributed by atoms with van der Waals surface area (Å²) in [6.07, 6.45) is 0. The van der Waals surface area contributed by atoms with E-state index in [9.17, 15) is 0 Å². The molecule has 0 fully saturated rings. The number of fused-ring (bicyclic) bond motifs is 8. The highest BCUT2D eigenvalue weighted by Gasteiger charge is 2.16. The molecule has 0 unspecified atom stereocenters. The van der Waals surface area contributed by atoms with Crippen LogP contribution in [0.5, 0.6) is 0 Å². The minimum Gasteiger partial charge on any atom is -0.456 e. The monoisotopic (exact) mass is 675 g/mol. The van der Waals surface area contributed by atoms with Crippen LogP contribution in [0.15, 0.2) is 180 Å². The van der Waals surface area contributed by atoms with E-state index in [0.717, 1.165) is 71.3 Å².